The Bertz CT molecular complexity index is 366. The van der Waals surface area contributed by atoms with Gasteiger partial charge in [0, 0.05) is 31.9 Å². The molecule has 3 nitrogen and oxygen atoms in total. The highest BCUT2D eigenvalue weighted by Crippen LogP contribution is 2.16. The highest BCUT2D eigenvalue weighted by atomic mass is 16.5. The van der Waals surface area contributed by atoms with Gasteiger partial charge >= 0.3 is 0 Å². The molecule has 0 radical (unpaired) electrons. The van der Waals surface area contributed by atoms with Gasteiger partial charge in [-0.1, -0.05) is 19.1 Å². The van der Waals surface area contributed by atoms with Crippen LogP contribution in [-0.2, 0) is 11.3 Å². The molecule has 0 fully saturated rings. The van der Waals surface area contributed by atoms with Crippen molar-refractivity contribution in [1.29, 1.82) is 0 Å². The molecule has 2 N–H and O–H groups in total. The van der Waals surface area contributed by atoms with Crippen LogP contribution in [0.4, 0.5) is 5.69 Å². The molecule has 0 saturated heterocycles. The van der Waals surface area contributed by atoms with Gasteiger partial charge in [0.15, 0.2) is 0 Å². The van der Waals surface area contributed by atoms with Crippen LogP contribution in [0.25, 0.3) is 0 Å². The minimum atomic E-state index is 0.558. The third kappa shape index (κ3) is 4.31. The number of nitrogen functional groups attached to an aromatic ring is 1. The van der Waals surface area contributed by atoms with Crippen molar-refractivity contribution in [3.8, 4) is 0 Å². The third-order valence-corrected chi connectivity index (χ3v) is 3.53. The van der Waals surface area contributed by atoms with Crippen LogP contribution in [-0.4, -0.2) is 31.2 Å². The highest BCUT2D eigenvalue weighted by Gasteiger charge is 2.12. The van der Waals surface area contributed by atoms with E-state index in [0.29, 0.717) is 6.04 Å². The van der Waals surface area contributed by atoms with E-state index in [-0.39, 0.29) is 0 Å². The summed E-state index contributed by atoms with van der Waals surface area (Å²) in [5, 5.41) is 0. The molecular formula is C15H26N2O. The average Bonchev–Trinajstić information content (AvgIpc) is 2.37. The first-order valence-electron chi connectivity index (χ1n) is 6.66. The van der Waals surface area contributed by atoms with Gasteiger partial charge in [0.1, 0.15) is 0 Å². The standard InChI is InChI=1S/C15H26N2O/c1-5-13(3)17(8-9-18-4)11-14-7-6-12(2)15(16)10-14/h6-7,10,13H,5,8-9,11,16H2,1-4H3. The number of methoxy groups -OCH3 is 1. The summed E-state index contributed by atoms with van der Waals surface area (Å²) in [6, 6.07) is 6.89. The van der Waals surface area contributed by atoms with Crippen molar-refractivity contribution in [3.63, 3.8) is 0 Å². The molecule has 0 spiro atoms. The van der Waals surface area contributed by atoms with E-state index in [2.05, 4.69) is 36.9 Å². The predicted octanol–water partition coefficient (Wildman–Crippen LogP) is 2.82. The number of nitrogens with zero attached hydrogens (tertiary/aromatic N) is 1. The normalized spacial score (nSPS) is 12.9. The Labute approximate surface area is 111 Å². The fraction of sp³-hybridized carbons (Fsp3) is 0.600. The van der Waals surface area contributed by atoms with Crippen LogP contribution in [0.1, 0.15) is 31.4 Å². The zero-order chi connectivity index (χ0) is 13.5. The van der Waals surface area contributed by atoms with Crippen molar-refractivity contribution in [2.75, 3.05) is 26.0 Å². The number of hydrogen-bond donors (Lipinski definition) is 1. The second kappa shape index (κ2) is 7.39. The lowest BCUT2D eigenvalue weighted by Gasteiger charge is -2.28. The van der Waals surface area contributed by atoms with Crippen LogP contribution in [0, 0.1) is 6.92 Å². The minimum Gasteiger partial charge on any atom is -0.399 e. The van der Waals surface area contributed by atoms with E-state index < -0.39 is 0 Å². The van der Waals surface area contributed by atoms with Crippen LogP contribution >= 0.6 is 0 Å². The van der Waals surface area contributed by atoms with E-state index >= 15 is 0 Å². The van der Waals surface area contributed by atoms with Gasteiger partial charge in [0.2, 0.25) is 0 Å². The maximum Gasteiger partial charge on any atom is 0.0589 e. The van der Waals surface area contributed by atoms with Gasteiger partial charge < -0.3 is 10.5 Å². The van der Waals surface area contributed by atoms with Gasteiger partial charge in [-0.3, -0.25) is 4.90 Å². The van der Waals surface area contributed by atoms with Crippen LogP contribution in [0.5, 0.6) is 0 Å². The predicted molar refractivity (Wildman–Crippen MR) is 77.6 cm³/mol. The number of anilines is 1. The summed E-state index contributed by atoms with van der Waals surface area (Å²) in [5.74, 6) is 0. The fourth-order valence-corrected chi connectivity index (χ4v) is 1.94. The largest absolute Gasteiger partial charge is 0.399 e. The Morgan fingerprint density at radius 2 is 2.11 bits per heavy atom. The number of rotatable bonds is 7. The molecule has 1 atom stereocenters. The molecule has 0 aliphatic rings. The smallest absolute Gasteiger partial charge is 0.0589 e. The number of hydrogen-bond acceptors (Lipinski definition) is 3. The summed E-state index contributed by atoms with van der Waals surface area (Å²) in [5.41, 5.74) is 9.26. The molecule has 1 unspecified atom stereocenters. The molecule has 1 rings (SSSR count). The molecule has 102 valence electrons. The second-order valence-corrected chi connectivity index (χ2v) is 4.91. The summed E-state index contributed by atoms with van der Waals surface area (Å²) in [6.07, 6.45) is 1.14. The Kier molecular flexibility index (Phi) is 6.16. The van der Waals surface area contributed by atoms with E-state index in [1.165, 1.54) is 5.56 Å². The molecule has 0 aliphatic heterocycles. The lowest BCUT2D eigenvalue weighted by Crippen LogP contribution is -2.34. The van der Waals surface area contributed by atoms with Crippen molar-refractivity contribution in [2.24, 2.45) is 0 Å². The van der Waals surface area contributed by atoms with Crippen molar-refractivity contribution in [2.45, 2.75) is 39.8 Å². The summed E-state index contributed by atoms with van der Waals surface area (Å²) in [4.78, 5) is 2.44. The highest BCUT2D eigenvalue weighted by molar-refractivity contribution is 5.48. The third-order valence-electron chi connectivity index (χ3n) is 3.53. The van der Waals surface area contributed by atoms with Crippen LogP contribution in [0.3, 0.4) is 0 Å². The Morgan fingerprint density at radius 1 is 1.39 bits per heavy atom. The minimum absolute atomic E-state index is 0.558. The monoisotopic (exact) mass is 250 g/mol. The Balaban J connectivity index is 2.71. The van der Waals surface area contributed by atoms with Crippen LogP contribution in [0.15, 0.2) is 18.2 Å². The first-order valence-corrected chi connectivity index (χ1v) is 6.66. The molecule has 1 aromatic carbocycles. The lowest BCUT2D eigenvalue weighted by molar-refractivity contribution is 0.118. The van der Waals surface area contributed by atoms with Crippen LogP contribution in [0.2, 0.25) is 0 Å². The van der Waals surface area contributed by atoms with Gasteiger partial charge in [-0.2, -0.15) is 0 Å². The second-order valence-electron chi connectivity index (χ2n) is 4.91. The first-order chi connectivity index (χ1) is 8.58. The van der Waals surface area contributed by atoms with E-state index in [1.54, 1.807) is 7.11 Å². The van der Waals surface area contributed by atoms with Crippen molar-refractivity contribution in [3.05, 3.63) is 29.3 Å². The van der Waals surface area contributed by atoms with Crippen molar-refractivity contribution in [1.82, 2.24) is 4.90 Å². The van der Waals surface area contributed by atoms with E-state index in [0.717, 1.165) is 37.4 Å². The van der Waals surface area contributed by atoms with Gasteiger partial charge in [0.05, 0.1) is 6.61 Å². The Hall–Kier alpha value is -1.06. The summed E-state index contributed by atoms with van der Waals surface area (Å²) >= 11 is 0. The fourth-order valence-electron chi connectivity index (χ4n) is 1.94. The summed E-state index contributed by atoms with van der Waals surface area (Å²) < 4.78 is 5.18. The SMILES string of the molecule is CCC(C)N(CCOC)Cc1ccc(C)c(N)c1. The molecule has 0 aromatic heterocycles. The van der Waals surface area contributed by atoms with Crippen molar-refractivity contribution < 1.29 is 4.74 Å². The maximum absolute atomic E-state index is 5.96. The summed E-state index contributed by atoms with van der Waals surface area (Å²) in [7, 11) is 1.75. The van der Waals surface area contributed by atoms with E-state index in [4.69, 9.17) is 10.5 Å². The average molecular weight is 250 g/mol. The molecule has 1 aromatic rings. The zero-order valence-electron chi connectivity index (χ0n) is 12.1. The zero-order valence-corrected chi connectivity index (χ0v) is 12.1. The molecule has 18 heavy (non-hydrogen) atoms. The number of benzene rings is 1. The molecule has 3 heteroatoms. The topological polar surface area (TPSA) is 38.5 Å². The van der Waals surface area contributed by atoms with Gasteiger partial charge in [-0.05, 0) is 37.5 Å². The molecule has 0 amide bonds. The molecule has 0 bridgehead atoms. The maximum atomic E-state index is 5.96. The quantitative estimate of drug-likeness (QED) is 0.756. The lowest BCUT2D eigenvalue weighted by atomic mass is 10.1. The number of ether oxygens (including phenoxy) is 1. The molecule has 0 saturated carbocycles. The number of nitrogens with two attached hydrogens (primary N) is 1. The van der Waals surface area contributed by atoms with Gasteiger partial charge in [-0.25, -0.2) is 0 Å². The summed E-state index contributed by atoms with van der Waals surface area (Å²) in [6.45, 7) is 9.17. The van der Waals surface area contributed by atoms with Gasteiger partial charge in [-0.15, -0.1) is 0 Å². The van der Waals surface area contributed by atoms with Crippen LogP contribution < -0.4 is 5.73 Å². The number of aryl methyl sites for hydroxylation is 1. The first kappa shape index (κ1) is 15.0. The van der Waals surface area contributed by atoms with Gasteiger partial charge in [0.25, 0.3) is 0 Å². The molecular weight excluding hydrogens is 224 g/mol. The molecule has 0 heterocycles. The molecule has 0 aliphatic carbocycles. The van der Waals surface area contributed by atoms with E-state index in [1.807, 2.05) is 6.92 Å². The van der Waals surface area contributed by atoms with Crippen molar-refractivity contribution >= 4 is 5.69 Å². The Morgan fingerprint density at radius 3 is 2.67 bits per heavy atom. The van der Waals surface area contributed by atoms with E-state index in [9.17, 15) is 0 Å².